The van der Waals surface area contributed by atoms with E-state index < -0.39 is 0 Å². The molecule has 1 nitrogen and oxygen atoms in total. The SMILES string of the molecule is CC(C)(C)C1CCN(Cc2ccc3c(c2)CCC3)CC1. The molecule has 1 heterocycles. The van der Waals surface area contributed by atoms with E-state index in [9.17, 15) is 0 Å². The number of aryl methyl sites for hydroxylation is 2. The van der Waals surface area contributed by atoms with Crippen molar-refractivity contribution in [2.45, 2.75) is 59.4 Å². The number of hydrogen-bond acceptors (Lipinski definition) is 1. The monoisotopic (exact) mass is 271 g/mol. The normalized spacial score (nSPS) is 21.1. The van der Waals surface area contributed by atoms with Gasteiger partial charge in [0.15, 0.2) is 0 Å². The summed E-state index contributed by atoms with van der Waals surface area (Å²) in [6.07, 6.45) is 6.69. The zero-order valence-corrected chi connectivity index (χ0v) is 13.4. The van der Waals surface area contributed by atoms with Crippen molar-refractivity contribution in [1.82, 2.24) is 4.90 Å². The Balaban J connectivity index is 1.57. The third kappa shape index (κ3) is 3.09. The number of likely N-dealkylation sites (tertiary alicyclic amines) is 1. The standard InChI is InChI=1S/C19H29N/c1-19(2,3)18-9-11-20(12-10-18)14-15-7-8-16-5-4-6-17(16)13-15/h7-8,13,18H,4-6,9-12,14H2,1-3H3. The topological polar surface area (TPSA) is 3.24 Å². The minimum absolute atomic E-state index is 0.486. The van der Waals surface area contributed by atoms with Crippen molar-refractivity contribution < 1.29 is 0 Å². The highest BCUT2D eigenvalue weighted by molar-refractivity contribution is 5.35. The van der Waals surface area contributed by atoms with E-state index in [2.05, 4.69) is 43.9 Å². The van der Waals surface area contributed by atoms with Crippen molar-refractivity contribution in [3.63, 3.8) is 0 Å². The van der Waals surface area contributed by atoms with Gasteiger partial charge in [0.1, 0.15) is 0 Å². The summed E-state index contributed by atoms with van der Waals surface area (Å²) in [4.78, 5) is 2.65. The maximum absolute atomic E-state index is 2.65. The molecule has 0 radical (unpaired) electrons. The Hall–Kier alpha value is -0.820. The maximum atomic E-state index is 2.65. The molecule has 2 aliphatic rings. The van der Waals surface area contributed by atoms with Crippen LogP contribution in [0.3, 0.4) is 0 Å². The second-order valence-electron chi connectivity index (χ2n) is 7.87. The van der Waals surface area contributed by atoms with Crippen molar-refractivity contribution >= 4 is 0 Å². The van der Waals surface area contributed by atoms with Crippen molar-refractivity contribution in [1.29, 1.82) is 0 Å². The molecule has 0 N–H and O–H groups in total. The summed E-state index contributed by atoms with van der Waals surface area (Å²) in [7, 11) is 0. The summed E-state index contributed by atoms with van der Waals surface area (Å²) >= 11 is 0. The zero-order chi connectivity index (χ0) is 14.2. The fraction of sp³-hybridized carbons (Fsp3) is 0.684. The molecule has 0 spiro atoms. The van der Waals surface area contributed by atoms with Crippen LogP contribution >= 0.6 is 0 Å². The van der Waals surface area contributed by atoms with Gasteiger partial charge in [-0.3, -0.25) is 4.90 Å². The van der Waals surface area contributed by atoms with Crippen LogP contribution in [0, 0.1) is 11.3 Å². The molecule has 1 aliphatic heterocycles. The number of piperidine rings is 1. The van der Waals surface area contributed by atoms with Gasteiger partial charge in [-0.1, -0.05) is 39.0 Å². The number of rotatable bonds is 2. The molecule has 110 valence electrons. The molecule has 20 heavy (non-hydrogen) atoms. The Bertz CT molecular complexity index is 461. The highest BCUT2D eigenvalue weighted by Crippen LogP contribution is 2.34. The number of fused-ring (bicyclic) bond motifs is 1. The van der Waals surface area contributed by atoms with Crippen LogP contribution in [-0.2, 0) is 19.4 Å². The zero-order valence-electron chi connectivity index (χ0n) is 13.4. The number of benzene rings is 1. The predicted octanol–water partition coefficient (Wildman–Crippen LogP) is 4.43. The summed E-state index contributed by atoms with van der Waals surface area (Å²) in [5.74, 6) is 0.902. The minimum Gasteiger partial charge on any atom is -0.299 e. The lowest BCUT2D eigenvalue weighted by Crippen LogP contribution is -2.37. The fourth-order valence-corrected chi connectivity index (χ4v) is 3.94. The third-order valence-corrected chi connectivity index (χ3v) is 5.38. The Morgan fingerprint density at radius 3 is 2.45 bits per heavy atom. The molecule has 1 aliphatic carbocycles. The predicted molar refractivity (Wildman–Crippen MR) is 85.9 cm³/mol. The van der Waals surface area contributed by atoms with E-state index in [1.807, 2.05) is 0 Å². The van der Waals surface area contributed by atoms with Gasteiger partial charge in [-0.15, -0.1) is 0 Å². The summed E-state index contributed by atoms with van der Waals surface area (Å²) < 4.78 is 0. The lowest BCUT2D eigenvalue weighted by molar-refractivity contribution is 0.108. The van der Waals surface area contributed by atoms with Gasteiger partial charge in [0.2, 0.25) is 0 Å². The molecule has 0 bridgehead atoms. The summed E-state index contributed by atoms with van der Waals surface area (Å²) in [5, 5.41) is 0. The Kier molecular flexibility index (Phi) is 3.90. The van der Waals surface area contributed by atoms with E-state index in [1.165, 1.54) is 50.8 Å². The minimum atomic E-state index is 0.486. The van der Waals surface area contributed by atoms with Gasteiger partial charge in [0.05, 0.1) is 0 Å². The van der Waals surface area contributed by atoms with Gasteiger partial charge in [-0.2, -0.15) is 0 Å². The summed E-state index contributed by atoms with van der Waals surface area (Å²) in [6, 6.07) is 7.21. The van der Waals surface area contributed by atoms with E-state index >= 15 is 0 Å². The van der Waals surface area contributed by atoms with Crippen molar-refractivity contribution in [3.8, 4) is 0 Å². The van der Waals surface area contributed by atoms with Crippen molar-refractivity contribution in [2.75, 3.05) is 13.1 Å². The molecule has 0 aromatic heterocycles. The Labute approximate surface area is 124 Å². The van der Waals surface area contributed by atoms with Crippen LogP contribution in [0.15, 0.2) is 18.2 Å². The first kappa shape index (κ1) is 14.1. The lowest BCUT2D eigenvalue weighted by atomic mass is 9.75. The molecule has 1 aromatic carbocycles. The lowest BCUT2D eigenvalue weighted by Gasteiger charge is -2.38. The molecule has 1 aromatic rings. The van der Waals surface area contributed by atoms with E-state index in [0.29, 0.717) is 5.41 Å². The summed E-state index contributed by atoms with van der Waals surface area (Å²) in [6.45, 7) is 10.9. The van der Waals surface area contributed by atoms with Crippen molar-refractivity contribution in [2.24, 2.45) is 11.3 Å². The summed E-state index contributed by atoms with van der Waals surface area (Å²) in [5.41, 5.74) is 5.23. The smallest absolute Gasteiger partial charge is 0.0233 e. The quantitative estimate of drug-likeness (QED) is 0.769. The molecule has 3 rings (SSSR count). The van der Waals surface area contributed by atoms with Gasteiger partial charge in [-0.05, 0) is 73.2 Å². The molecule has 0 amide bonds. The first-order valence-corrected chi connectivity index (χ1v) is 8.35. The molecule has 1 fully saturated rings. The average molecular weight is 271 g/mol. The van der Waals surface area contributed by atoms with Gasteiger partial charge in [-0.25, -0.2) is 0 Å². The van der Waals surface area contributed by atoms with Gasteiger partial charge < -0.3 is 0 Å². The molecule has 1 heteroatoms. The molecule has 0 saturated carbocycles. The van der Waals surface area contributed by atoms with E-state index in [1.54, 1.807) is 11.1 Å². The maximum Gasteiger partial charge on any atom is 0.0233 e. The van der Waals surface area contributed by atoms with E-state index in [0.717, 1.165) is 12.5 Å². The highest BCUT2D eigenvalue weighted by atomic mass is 15.1. The third-order valence-electron chi connectivity index (χ3n) is 5.38. The van der Waals surface area contributed by atoms with Gasteiger partial charge in [0, 0.05) is 6.54 Å². The van der Waals surface area contributed by atoms with Crippen molar-refractivity contribution in [3.05, 3.63) is 34.9 Å². The van der Waals surface area contributed by atoms with Crippen LogP contribution < -0.4 is 0 Å². The fourth-order valence-electron chi connectivity index (χ4n) is 3.94. The second-order valence-corrected chi connectivity index (χ2v) is 7.87. The Morgan fingerprint density at radius 1 is 1.05 bits per heavy atom. The molecule has 0 atom stereocenters. The molecular formula is C19H29N. The highest BCUT2D eigenvalue weighted by Gasteiger charge is 2.28. The van der Waals surface area contributed by atoms with Crippen LogP contribution in [0.25, 0.3) is 0 Å². The first-order chi connectivity index (χ1) is 9.52. The molecule has 0 unspecified atom stereocenters. The average Bonchev–Trinajstić information content (AvgIpc) is 2.86. The van der Waals surface area contributed by atoms with E-state index in [4.69, 9.17) is 0 Å². The van der Waals surface area contributed by atoms with Gasteiger partial charge >= 0.3 is 0 Å². The second kappa shape index (κ2) is 5.52. The van der Waals surface area contributed by atoms with Crippen LogP contribution in [0.2, 0.25) is 0 Å². The molecular weight excluding hydrogens is 242 g/mol. The molecule has 1 saturated heterocycles. The largest absolute Gasteiger partial charge is 0.299 e. The van der Waals surface area contributed by atoms with Crippen LogP contribution in [0.5, 0.6) is 0 Å². The Morgan fingerprint density at radius 2 is 1.75 bits per heavy atom. The number of hydrogen-bond donors (Lipinski definition) is 0. The van der Waals surface area contributed by atoms with Gasteiger partial charge in [0.25, 0.3) is 0 Å². The van der Waals surface area contributed by atoms with Crippen LogP contribution in [0.1, 0.15) is 56.7 Å². The van der Waals surface area contributed by atoms with Crippen LogP contribution in [0.4, 0.5) is 0 Å². The first-order valence-electron chi connectivity index (χ1n) is 8.35. The number of nitrogens with zero attached hydrogens (tertiary/aromatic N) is 1. The van der Waals surface area contributed by atoms with Crippen LogP contribution in [-0.4, -0.2) is 18.0 Å². The van der Waals surface area contributed by atoms with E-state index in [-0.39, 0.29) is 0 Å².